The van der Waals surface area contributed by atoms with Crippen LogP contribution in [0.3, 0.4) is 0 Å². The van der Waals surface area contributed by atoms with Gasteiger partial charge in [-0.15, -0.1) is 22.7 Å². The molecule has 346 valence electrons. The monoisotopic (exact) mass is 987 g/mol. The van der Waals surface area contributed by atoms with Gasteiger partial charge in [0.2, 0.25) is 0 Å². The molecule has 0 radical (unpaired) electrons. The Kier molecular flexibility index (Phi) is 9.18. The van der Waals surface area contributed by atoms with Gasteiger partial charge in [-0.05, 0) is 84.9 Å². The summed E-state index contributed by atoms with van der Waals surface area (Å²) in [5.41, 5.74) is 2.21. The highest BCUT2D eigenvalue weighted by Gasteiger charge is 2.34. The molecule has 0 fully saturated rings. The first-order chi connectivity index (χ1) is 34.9. The minimum absolute atomic E-state index is 0.00212. The second kappa shape index (κ2) is 15.6. The molecule has 72 heavy (non-hydrogen) atoms. The zero-order valence-electron chi connectivity index (χ0n) is 37.2. The summed E-state index contributed by atoms with van der Waals surface area (Å²) < 4.78 is 98.3. The van der Waals surface area contributed by atoms with E-state index in [2.05, 4.69) is 48.5 Å². The molecule has 0 saturated carbocycles. The van der Waals surface area contributed by atoms with E-state index >= 15 is 26.3 Å². The molecular formula is C59H31F6N5S2. The number of rotatable bonds is 5. The Bertz CT molecular complexity index is 4300. The molecule has 0 N–H and O–H groups in total. The average Bonchev–Trinajstić information content (AvgIpc) is 4.13. The molecule has 5 heterocycles. The van der Waals surface area contributed by atoms with E-state index in [4.69, 9.17) is 15.0 Å². The maximum atomic E-state index is 15.0. The van der Waals surface area contributed by atoms with E-state index in [1.54, 1.807) is 53.0 Å². The third-order valence-corrected chi connectivity index (χ3v) is 15.9. The lowest BCUT2D eigenvalue weighted by atomic mass is 10.0. The van der Waals surface area contributed by atoms with Gasteiger partial charge in [0.25, 0.3) is 0 Å². The molecule has 0 spiro atoms. The van der Waals surface area contributed by atoms with Crippen LogP contribution in [0, 0.1) is 0 Å². The van der Waals surface area contributed by atoms with Crippen molar-refractivity contribution in [2.45, 2.75) is 12.4 Å². The SMILES string of the molecule is FC(F)(F)c1ccc(-n2c3ccccc3c3cc4c(cc32)sc2ccccc24)c(-c2nc(-c3ccccc3)nc(-c3cc(C(F)(F)F)ccc3-n3c4ccccc4c4cc5c(cc43)sc3ccccc35)n2)c1. The Morgan fingerprint density at radius 3 is 1.18 bits per heavy atom. The van der Waals surface area contributed by atoms with Crippen molar-refractivity contribution in [1.82, 2.24) is 24.1 Å². The largest absolute Gasteiger partial charge is 0.416 e. The minimum Gasteiger partial charge on any atom is -0.308 e. The van der Waals surface area contributed by atoms with Crippen LogP contribution in [-0.4, -0.2) is 24.1 Å². The summed E-state index contributed by atoms with van der Waals surface area (Å²) in [5, 5.41) is 7.85. The smallest absolute Gasteiger partial charge is 0.308 e. The molecule has 0 amide bonds. The van der Waals surface area contributed by atoms with E-state index in [-0.39, 0.29) is 28.6 Å². The number of halogens is 6. The van der Waals surface area contributed by atoms with Gasteiger partial charge in [0.15, 0.2) is 17.5 Å². The van der Waals surface area contributed by atoms with Crippen molar-refractivity contribution in [1.29, 1.82) is 0 Å². The molecule has 0 unspecified atom stereocenters. The van der Waals surface area contributed by atoms with Crippen LogP contribution in [0.1, 0.15) is 11.1 Å². The standard InChI is InChI=1S/C59H31F6N5S2/c60-58(61,62)33-22-24-47(69-45-18-8-4-14-35(45)39-28-41-37-16-6-10-20-51(37)71-53(41)30-49(39)69)43(26-33)56-66-55(32-12-2-1-3-13-32)67-57(68-56)44-27-34(59(63,64)65)23-25-48(44)70-46-19-9-5-15-36(46)40-29-42-38-17-7-11-21-52(38)72-54(42)31-50(40)70/h1-31H. The summed E-state index contributed by atoms with van der Waals surface area (Å²) in [4.78, 5) is 14.8. The van der Waals surface area contributed by atoms with Crippen molar-refractivity contribution in [2.75, 3.05) is 0 Å². The highest BCUT2D eigenvalue weighted by molar-refractivity contribution is 7.26. The van der Waals surface area contributed by atoms with E-state index in [0.717, 1.165) is 108 Å². The number of thiophene rings is 2. The van der Waals surface area contributed by atoms with E-state index in [9.17, 15) is 0 Å². The van der Waals surface area contributed by atoms with Crippen molar-refractivity contribution in [2.24, 2.45) is 0 Å². The lowest BCUT2D eigenvalue weighted by molar-refractivity contribution is -0.138. The average molecular weight is 988 g/mol. The summed E-state index contributed by atoms with van der Waals surface area (Å²) in [6.07, 6.45) is -9.56. The first-order valence-corrected chi connectivity index (χ1v) is 24.5. The van der Waals surface area contributed by atoms with Crippen LogP contribution in [0.25, 0.3) is 129 Å². The van der Waals surface area contributed by atoms with E-state index < -0.39 is 23.5 Å². The second-order valence-electron chi connectivity index (χ2n) is 17.8. The molecule has 0 atom stereocenters. The van der Waals surface area contributed by atoms with E-state index in [0.29, 0.717) is 16.9 Å². The van der Waals surface area contributed by atoms with Crippen molar-refractivity contribution in [3.8, 4) is 45.5 Å². The fraction of sp³-hybridized carbons (Fsp3) is 0.0339. The first-order valence-electron chi connectivity index (χ1n) is 22.9. The van der Waals surface area contributed by atoms with Gasteiger partial charge in [-0.2, -0.15) is 26.3 Å². The molecule has 0 saturated heterocycles. The summed E-state index contributed by atoms with van der Waals surface area (Å²) in [5.74, 6) is -0.261. The lowest BCUT2D eigenvalue weighted by Gasteiger charge is -2.18. The van der Waals surface area contributed by atoms with Crippen LogP contribution in [0.5, 0.6) is 0 Å². The molecule has 5 aromatic heterocycles. The van der Waals surface area contributed by atoms with Gasteiger partial charge >= 0.3 is 12.4 Å². The van der Waals surface area contributed by atoms with Gasteiger partial charge in [-0.25, -0.2) is 15.0 Å². The Hall–Kier alpha value is -8.39. The molecule has 0 aliphatic carbocycles. The molecule has 5 nitrogen and oxygen atoms in total. The molecule has 14 aromatic rings. The fourth-order valence-electron chi connectivity index (χ4n) is 10.4. The molecular weight excluding hydrogens is 957 g/mol. The molecule has 0 aliphatic rings. The van der Waals surface area contributed by atoms with E-state index in [1.165, 1.54) is 12.1 Å². The molecule has 13 heteroatoms. The first kappa shape index (κ1) is 42.5. The van der Waals surface area contributed by atoms with Crippen molar-refractivity contribution in [3.63, 3.8) is 0 Å². The predicted molar refractivity (Wildman–Crippen MR) is 281 cm³/mol. The minimum atomic E-state index is -4.78. The number of hydrogen-bond acceptors (Lipinski definition) is 5. The summed E-state index contributed by atoms with van der Waals surface area (Å²) in [6, 6.07) is 55.9. The fourth-order valence-corrected chi connectivity index (χ4v) is 12.6. The maximum absolute atomic E-state index is 15.0. The molecule has 14 rings (SSSR count). The number of nitrogens with zero attached hydrogens (tertiary/aromatic N) is 5. The van der Waals surface area contributed by atoms with Gasteiger partial charge in [-0.1, -0.05) is 103 Å². The van der Waals surface area contributed by atoms with Crippen LogP contribution >= 0.6 is 22.7 Å². The van der Waals surface area contributed by atoms with Crippen LogP contribution in [0.2, 0.25) is 0 Å². The van der Waals surface area contributed by atoms with Gasteiger partial charge in [0, 0.05) is 78.6 Å². The zero-order valence-corrected chi connectivity index (χ0v) is 38.9. The number of aromatic nitrogens is 5. The second-order valence-corrected chi connectivity index (χ2v) is 19.9. The number of para-hydroxylation sites is 2. The molecule has 0 bridgehead atoms. The summed E-state index contributed by atoms with van der Waals surface area (Å²) in [6.45, 7) is 0. The highest BCUT2D eigenvalue weighted by Crippen LogP contribution is 2.46. The Morgan fingerprint density at radius 1 is 0.319 bits per heavy atom. The third kappa shape index (κ3) is 6.57. The Morgan fingerprint density at radius 2 is 0.722 bits per heavy atom. The van der Waals surface area contributed by atoms with Crippen LogP contribution < -0.4 is 0 Å². The predicted octanol–water partition coefficient (Wildman–Crippen LogP) is 17.8. The Balaban J connectivity index is 1.07. The summed E-state index contributed by atoms with van der Waals surface area (Å²) in [7, 11) is 0. The highest BCUT2D eigenvalue weighted by atomic mass is 32.1. The van der Waals surface area contributed by atoms with Gasteiger partial charge in [0.05, 0.1) is 44.6 Å². The van der Waals surface area contributed by atoms with Crippen molar-refractivity contribution >= 4 is 107 Å². The number of benzene rings is 9. The normalized spacial score (nSPS) is 12.6. The van der Waals surface area contributed by atoms with Gasteiger partial charge in [-0.3, -0.25) is 0 Å². The topological polar surface area (TPSA) is 48.5 Å². The van der Waals surface area contributed by atoms with E-state index in [1.807, 2.05) is 81.9 Å². The van der Waals surface area contributed by atoms with Crippen LogP contribution in [0.15, 0.2) is 188 Å². The maximum Gasteiger partial charge on any atom is 0.416 e. The van der Waals surface area contributed by atoms with Gasteiger partial charge in [0.1, 0.15) is 0 Å². The number of hydrogen-bond donors (Lipinski definition) is 0. The third-order valence-electron chi connectivity index (χ3n) is 13.6. The van der Waals surface area contributed by atoms with Crippen LogP contribution in [-0.2, 0) is 12.4 Å². The Labute approximate surface area is 412 Å². The zero-order chi connectivity index (χ0) is 48.6. The quantitative estimate of drug-likeness (QED) is 0.161. The van der Waals surface area contributed by atoms with Crippen molar-refractivity contribution < 1.29 is 26.3 Å². The van der Waals surface area contributed by atoms with Gasteiger partial charge < -0.3 is 9.13 Å². The van der Waals surface area contributed by atoms with Crippen molar-refractivity contribution in [3.05, 3.63) is 199 Å². The lowest BCUT2D eigenvalue weighted by Crippen LogP contribution is -2.10. The summed E-state index contributed by atoms with van der Waals surface area (Å²) >= 11 is 3.25. The molecule has 0 aliphatic heterocycles. The van der Waals surface area contributed by atoms with Crippen LogP contribution in [0.4, 0.5) is 26.3 Å². The number of fused-ring (bicyclic) bond motifs is 12. The number of alkyl halides is 6. The molecule has 9 aromatic carbocycles.